The first kappa shape index (κ1) is 24.3. The Bertz CT molecular complexity index is 1040. The Morgan fingerprint density at radius 3 is 2.06 bits per heavy atom. The minimum atomic E-state index is -4.92. The van der Waals surface area contributed by atoms with Gasteiger partial charge >= 0.3 is 12.4 Å². The predicted octanol–water partition coefficient (Wildman–Crippen LogP) is 6.52. The zero-order valence-electron chi connectivity index (χ0n) is 18.3. The third kappa shape index (κ3) is 5.29. The van der Waals surface area contributed by atoms with E-state index in [0.29, 0.717) is 38.1 Å². The molecule has 0 N–H and O–H groups in total. The molecule has 9 heteroatoms. The Balaban J connectivity index is 1.63. The standard InChI is InChI=1S/C25H23F6NO2/c1-15(17-9-18(24(26,27)28)11-19(10-17)25(29,30)31)34-23-14-32(20-7-8-21(33)12-20)13-22(23)16-5-3-2-4-6-16/h2-6,9-12,15,22-23H,7-8,13-14H2,1H3/t15-,22+,23-/m1/s1. The summed E-state index contributed by atoms with van der Waals surface area (Å²) in [5.74, 6) is -0.124. The molecule has 0 saturated carbocycles. The molecule has 0 radical (unpaired) electrons. The number of allylic oxidation sites excluding steroid dienone is 2. The molecule has 4 rings (SSSR count). The number of nitrogens with zero attached hydrogens (tertiary/aromatic N) is 1. The van der Waals surface area contributed by atoms with E-state index in [4.69, 9.17) is 4.74 Å². The van der Waals surface area contributed by atoms with Gasteiger partial charge in [0.15, 0.2) is 5.78 Å². The zero-order chi connectivity index (χ0) is 24.7. The normalized spacial score (nSPS) is 22.3. The van der Waals surface area contributed by atoms with Gasteiger partial charge in [-0.3, -0.25) is 4.79 Å². The van der Waals surface area contributed by atoms with Crippen molar-refractivity contribution in [2.45, 2.75) is 50.2 Å². The number of halogens is 6. The molecule has 0 amide bonds. The van der Waals surface area contributed by atoms with E-state index in [1.165, 1.54) is 6.92 Å². The van der Waals surface area contributed by atoms with Gasteiger partial charge < -0.3 is 9.64 Å². The molecule has 1 saturated heterocycles. The lowest BCUT2D eigenvalue weighted by Crippen LogP contribution is -2.25. The maximum atomic E-state index is 13.3. The van der Waals surface area contributed by atoms with E-state index in [9.17, 15) is 31.1 Å². The first-order valence-electron chi connectivity index (χ1n) is 10.9. The second-order valence-corrected chi connectivity index (χ2v) is 8.68. The maximum absolute atomic E-state index is 13.3. The van der Waals surface area contributed by atoms with Gasteiger partial charge in [-0.2, -0.15) is 26.3 Å². The summed E-state index contributed by atoms with van der Waals surface area (Å²) in [6.45, 7) is 2.38. The Morgan fingerprint density at radius 2 is 1.53 bits per heavy atom. The van der Waals surface area contributed by atoms with Crippen LogP contribution in [0, 0.1) is 0 Å². The van der Waals surface area contributed by atoms with Crippen molar-refractivity contribution < 1.29 is 35.9 Å². The van der Waals surface area contributed by atoms with E-state index in [0.717, 1.165) is 11.3 Å². The summed E-state index contributed by atoms with van der Waals surface area (Å²) in [6, 6.07) is 10.9. The third-order valence-corrected chi connectivity index (χ3v) is 6.31. The van der Waals surface area contributed by atoms with Crippen molar-refractivity contribution in [3.05, 3.63) is 82.6 Å². The Hall–Kier alpha value is -2.81. The van der Waals surface area contributed by atoms with Gasteiger partial charge in [-0.05, 0) is 42.7 Å². The second kappa shape index (κ2) is 9.09. The van der Waals surface area contributed by atoms with Crippen LogP contribution in [0.25, 0.3) is 0 Å². The molecule has 0 spiro atoms. The van der Waals surface area contributed by atoms with Crippen molar-refractivity contribution in [3.63, 3.8) is 0 Å². The second-order valence-electron chi connectivity index (χ2n) is 8.68. The number of alkyl halides is 6. The summed E-state index contributed by atoms with van der Waals surface area (Å²) in [6.07, 6.45) is -8.73. The number of hydrogen-bond donors (Lipinski definition) is 0. The summed E-state index contributed by atoms with van der Waals surface area (Å²) in [4.78, 5) is 13.7. The highest BCUT2D eigenvalue weighted by atomic mass is 19.4. The molecule has 1 fully saturated rings. The number of rotatable bonds is 5. The summed E-state index contributed by atoms with van der Waals surface area (Å²) < 4.78 is 85.9. The lowest BCUT2D eigenvalue weighted by molar-refractivity contribution is -0.143. The molecular weight excluding hydrogens is 460 g/mol. The van der Waals surface area contributed by atoms with Crippen LogP contribution in [0.5, 0.6) is 0 Å². The maximum Gasteiger partial charge on any atom is 0.416 e. The van der Waals surface area contributed by atoms with E-state index < -0.39 is 35.7 Å². The fourth-order valence-electron chi connectivity index (χ4n) is 4.55. The van der Waals surface area contributed by atoms with E-state index in [1.54, 1.807) is 6.08 Å². The molecule has 0 aromatic heterocycles. The molecular formula is C25H23F6NO2. The van der Waals surface area contributed by atoms with Crippen LogP contribution in [0.4, 0.5) is 26.3 Å². The molecule has 2 aromatic carbocycles. The highest BCUT2D eigenvalue weighted by molar-refractivity contribution is 5.92. The molecule has 2 aliphatic rings. The predicted molar refractivity (Wildman–Crippen MR) is 113 cm³/mol. The van der Waals surface area contributed by atoms with Crippen LogP contribution in [-0.2, 0) is 21.9 Å². The van der Waals surface area contributed by atoms with Crippen LogP contribution in [0.2, 0.25) is 0 Å². The summed E-state index contributed by atoms with van der Waals surface area (Å²) in [7, 11) is 0. The number of carbonyl (C=O) groups is 1. The van der Waals surface area contributed by atoms with Gasteiger partial charge in [0.05, 0.1) is 23.3 Å². The van der Waals surface area contributed by atoms with Crippen molar-refractivity contribution in [1.29, 1.82) is 0 Å². The van der Waals surface area contributed by atoms with Crippen LogP contribution < -0.4 is 0 Å². The van der Waals surface area contributed by atoms with Crippen LogP contribution in [0.15, 0.2) is 60.3 Å². The molecule has 1 aliphatic carbocycles. The number of ether oxygens (including phenoxy) is 1. The molecule has 182 valence electrons. The minimum Gasteiger partial charge on any atom is -0.371 e. The smallest absolute Gasteiger partial charge is 0.371 e. The number of benzene rings is 2. The van der Waals surface area contributed by atoms with Gasteiger partial charge in [-0.15, -0.1) is 0 Å². The van der Waals surface area contributed by atoms with Crippen molar-refractivity contribution in [2.24, 2.45) is 0 Å². The van der Waals surface area contributed by atoms with E-state index in [1.807, 2.05) is 35.2 Å². The minimum absolute atomic E-state index is 0.0349. The SMILES string of the molecule is C[C@@H](O[C@@H]1CN(C2=CC(=O)CC2)C[C@H]1c1ccccc1)c1cc(C(F)(F)F)cc(C(F)(F)F)c1. The Labute approximate surface area is 193 Å². The van der Waals surface area contributed by atoms with Crippen LogP contribution in [-0.4, -0.2) is 29.9 Å². The average Bonchev–Trinajstić information content (AvgIpc) is 3.39. The summed E-state index contributed by atoms with van der Waals surface area (Å²) >= 11 is 0. The molecule has 1 heterocycles. The molecule has 0 bridgehead atoms. The summed E-state index contributed by atoms with van der Waals surface area (Å²) in [5, 5.41) is 0. The van der Waals surface area contributed by atoms with Crippen molar-refractivity contribution >= 4 is 5.78 Å². The topological polar surface area (TPSA) is 29.5 Å². The molecule has 34 heavy (non-hydrogen) atoms. The third-order valence-electron chi connectivity index (χ3n) is 6.31. The van der Waals surface area contributed by atoms with E-state index in [2.05, 4.69) is 0 Å². The zero-order valence-corrected chi connectivity index (χ0v) is 18.3. The fraction of sp³-hybridized carbons (Fsp3) is 0.400. The van der Waals surface area contributed by atoms with Crippen LogP contribution >= 0.6 is 0 Å². The quantitative estimate of drug-likeness (QED) is 0.454. The van der Waals surface area contributed by atoms with Gasteiger partial charge in [0.1, 0.15) is 0 Å². The number of ketones is 1. The molecule has 1 aliphatic heterocycles. The largest absolute Gasteiger partial charge is 0.416 e. The summed E-state index contributed by atoms with van der Waals surface area (Å²) in [5.41, 5.74) is -1.09. The van der Waals surface area contributed by atoms with Gasteiger partial charge in [0.25, 0.3) is 0 Å². The van der Waals surface area contributed by atoms with Crippen LogP contribution in [0.1, 0.15) is 54.0 Å². The van der Waals surface area contributed by atoms with E-state index >= 15 is 0 Å². The lowest BCUT2D eigenvalue weighted by atomic mass is 9.95. The van der Waals surface area contributed by atoms with Crippen molar-refractivity contribution in [1.82, 2.24) is 4.90 Å². The fourth-order valence-corrected chi connectivity index (χ4v) is 4.55. The molecule has 0 unspecified atom stereocenters. The molecule has 3 atom stereocenters. The highest BCUT2D eigenvalue weighted by Crippen LogP contribution is 2.40. The Kier molecular flexibility index (Phi) is 6.50. The monoisotopic (exact) mass is 483 g/mol. The van der Waals surface area contributed by atoms with E-state index in [-0.39, 0.29) is 23.3 Å². The Morgan fingerprint density at radius 1 is 0.912 bits per heavy atom. The van der Waals surface area contributed by atoms with Gasteiger partial charge in [0, 0.05) is 37.2 Å². The number of likely N-dealkylation sites (tertiary alicyclic amines) is 1. The number of carbonyl (C=O) groups excluding carboxylic acids is 1. The lowest BCUT2D eigenvalue weighted by Gasteiger charge is -2.25. The van der Waals surface area contributed by atoms with Gasteiger partial charge in [0.2, 0.25) is 0 Å². The van der Waals surface area contributed by atoms with Gasteiger partial charge in [-0.25, -0.2) is 0 Å². The highest BCUT2D eigenvalue weighted by Gasteiger charge is 2.40. The molecule has 3 nitrogen and oxygen atoms in total. The first-order chi connectivity index (χ1) is 15.9. The van der Waals surface area contributed by atoms with Gasteiger partial charge in [-0.1, -0.05) is 30.3 Å². The van der Waals surface area contributed by atoms with Crippen molar-refractivity contribution in [2.75, 3.05) is 13.1 Å². The number of hydrogen-bond acceptors (Lipinski definition) is 3. The average molecular weight is 483 g/mol. The first-order valence-corrected chi connectivity index (χ1v) is 10.9. The van der Waals surface area contributed by atoms with Crippen LogP contribution in [0.3, 0.4) is 0 Å². The van der Waals surface area contributed by atoms with Crippen molar-refractivity contribution in [3.8, 4) is 0 Å². The molecule has 2 aromatic rings.